The van der Waals surface area contributed by atoms with Crippen molar-refractivity contribution >= 4 is 23.4 Å². The Labute approximate surface area is 129 Å². The first-order valence-corrected chi connectivity index (χ1v) is 8.20. The maximum absolute atomic E-state index is 12.3. The van der Waals surface area contributed by atoms with E-state index >= 15 is 0 Å². The van der Waals surface area contributed by atoms with Gasteiger partial charge in [-0.2, -0.15) is 11.8 Å². The largest absolute Gasteiger partial charge is 0.489 e. The molecule has 0 spiro atoms. The first kappa shape index (κ1) is 16.1. The summed E-state index contributed by atoms with van der Waals surface area (Å²) in [5.74, 6) is 2.53. The molecule has 0 aliphatic carbocycles. The second-order valence-electron chi connectivity index (χ2n) is 4.91. The summed E-state index contributed by atoms with van der Waals surface area (Å²) in [5, 5.41) is 6.18. The monoisotopic (exact) mass is 310 g/mol. The van der Waals surface area contributed by atoms with Crippen LogP contribution in [0.4, 0.5) is 5.69 Å². The van der Waals surface area contributed by atoms with Crippen molar-refractivity contribution in [3.63, 3.8) is 0 Å². The number of methoxy groups -OCH3 is 1. The minimum atomic E-state index is -0.142. The second-order valence-corrected chi connectivity index (χ2v) is 6.06. The first-order valence-electron chi connectivity index (χ1n) is 7.05. The minimum Gasteiger partial charge on any atom is -0.489 e. The Morgan fingerprint density at radius 3 is 3.05 bits per heavy atom. The van der Waals surface area contributed by atoms with Crippen LogP contribution in [-0.4, -0.2) is 50.3 Å². The van der Waals surface area contributed by atoms with Crippen LogP contribution in [0.1, 0.15) is 5.56 Å². The van der Waals surface area contributed by atoms with Crippen LogP contribution in [0, 0.1) is 6.92 Å². The van der Waals surface area contributed by atoms with E-state index in [1.807, 2.05) is 25.1 Å². The van der Waals surface area contributed by atoms with Gasteiger partial charge in [0.25, 0.3) is 0 Å². The van der Waals surface area contributed by atoms with Crippen molar-refractivity contribution in [2.75, 3.05) is 43.7 Å². The second kappa shape index (κ2) is 8.26. The molecule has 1 aliphatic heterocycles. The lowest BCUT2D eigenvalue weighted by Crippen LogP contribution is -2.46. The molecule has 1 unspecified atom stereocenters. The lowest BCUT2D eigenvalue weighted by molar-refractivity contribution is -0.117. The zero-order valence-electron chi connectivity index (χ0n) is 12.5. The van der Waals surface area contributed by atoms with Gasteiger partial charge in [-0.3, -0.25) is 4.79 Å². The molecule has 1 aromatic carbocycles. The fourth-order valence-corrected chi connectivity index (χ4v) is 2.97. The molecule has 1 aliphatic rings. The van der Waals surface area contributed by atoms with Crippen LogP contribution >= 0.6 is 11.8 Å². The van der Waals surface area contributed by atoms with Crippen molar-refractivity contribution in [3.8, 4) is 5.75 Å². The molecule has 1 saturated heterocycles. The van der Waals surface area contributed by atoms with Gasteiger partial charge in [0, 0.05) is 25.2 Å². The molecule has 1 atom stereocenters. The Balaban J connectivity index is 2.01. The van der Waals surface area contributed by atoms with Crippen LogP contribution in [0.3, 0.4) is 0 Å². The van der Waals surface area contributed by atoms with Gasteiger partial charge in [0.2, 0.25) is 5.91 Å². The van der Waals surface area contributed by atoms with Gasteiger partial charge in [0.1, 0.15) is 12.4 Å². The van der Waals surface area contributed by atoms with Crippen molar-refractivity contribution in [2.24, 2.45) is 0 Å². The Hall–Kier alpha value is -1.24. The lowest BCUT2D eigenvalue weighted by atomic mass is 10.2. The number of aryl methyl sites for hydroxylation is 1. The number of hydrogen-bond donors (Lipinski definition) is 2. The number of anilines is 1. The fourth-order valence-electron chi connectivity index (χ4n) is 2.04. The standard InChI is InChI=1S/C15H22N2O3S/c1-11-3-4-12(14(9-11)20-7-6-19-2)17-15(18)13-10-21-8-5-16-13/h3-4,9,13,16H,5-8,10H2,1-2H3,(H,17,18). The van der Waals surface area contributed by atoms with Crippen LogP contribution in [0.25, 0.3) is 0 Å². The fraction of sp³-hybridized carbons (Fsp3) is 0.533. The number of nitrogens with one attached hydrogen (secondary N) is 2. The molecule has 116 valence electrons. The number of amides is 1. The molecule has 1 fully saturated rings. The van der Waals surface area contributed by atoms with Gasteiger partial charge in [0.15, 0.2) is 0 Å². The predicted octanol–water partition coefficient (Wildman–Crippen LogP) is 1.66. The summed E-state index contributed by atoms with van der Waals surface area (Å²) < 4.78 is 10.7. The van der Waals surface area contributed by atoms with Crippen LogP contribution in [0.5, 0.6) is 5.75 Å². The van der Waals surface area contributed by atoms with Gasteiger partial charge in [0.05, 0.1) is 18.3 Å². The maximum atomic E-state index is 12.3. The van der Waals surface area contributed by atoms with Crippen LogP contribution in [0.2, 0.25) is 0 Å². The van der Waals surface area contributed by atoms with Crippen LogP contribution < -0.4 is 15.4 Å². The van der Waals surface area contributed by atoms with Crippen LogP contribution in [0.15, 0.2) is 18.2 Å². The van der Waals surface area contributed by atoms with E-state index < -0.39 is 0 Å². The highest BCUT2D eigenvalue weighted by Gasteiger charge is 2.21. The Bertz CT molecular complexity index is 476. The predicted molar refractivity (Wildman–Crippen MR) is 86.3 cm³/mol. The quantitative estimate of drug-likeness (QED) is 0.783. The third-order valence-electron chi connectivity index (χ3n) is 3.18. The van der Waals surface area contributed by atoms with E-state index in [9.17, 15) is 4.79 Å². The van der Waals surface area contributed by atoms with Crippen molar-refractivity contribution in [1.29, 1.82) is 0 Å². The molecule has 5 nitrogen and oxygen atoms in total. The number of rotatable bonds is 6. The number of thioether (sulfide) groups is 1. The van der Waals surface area contributed by atoms with E-state index in [1.54, 1.807) is 18.9 Å². The molecule has 1 heterocycles. The maximum Gasteiger partial charge on any atom is 0.242 e. The highest BCUT2D eigenvalue weighted by molar-refractivity contribution is 7.99. The number of hydrogen-bond acceptors (Lipinski definition) is 5. The molecule has 21 heavy (non-hydrogen) atoms. The first-order chi connectivity index (χ1) is 10.2. The Kier molecular flexibility index (Phi) is 6.35. The molecule has 0 saturated carbocycles. The molecule has 0 bridgehead atoms. The summed E-state index contributed by atoms with van der Waals surface area (Å²) in [6.45, 7) is 3.84. The molecule has 0 radical (unpaired) electrons. The topological polar surface area (TPSA) is 59.6 Å². The normalized spacial score (nSPS) is 18.3. The molecule has 1 amide bonds. The molecular weight excluding hydrogens is 288 g/mol. The molecular formula is C15H22N2O3S. The Morgan fingerprint density at radius 1 is 1.48 bits per heavy atom. The lowest BCUT2D eigenvalue weighted by Gasteiger charge is -2.23. The van der Waals surface area contributed by atoms with Gasteiger partial charge >= 0.3 is 0 Å². The van der Waals surface area contributed by atoms with Gasteiger partial charge in [-0.1, -0.05) is 6.07 Å². The molecule has 2 rings (SSSR count). The molecule has 1 aromatic rings. The highest BCUT2D eigenvalue weighted by Crippen LogP contribution is 2.26. The van der Waals surface area contributed by atoms with Gasteiger partial charge in [-0.15, -0.1) is 0 Å². The van der Waals surface area contributed by atoms with E-state index in [0.717, 1.165) is 23.6 Å². The van der Waals surface area contributed by atoms with Crippen molar-refractivity contribution in [3.05, 3.63) is 23.8 Å². The van der Waals surface area contributed by atoms with E-state index in [1.165, 1.54) is 0 Å². The summed E-state index contributed by atoms with van der Waals surface area (Å²) in [6.07, 6.45) is 0. The van der Waals surface area contributed by atoms with E-state index in [4.69, 9.17) is 9.47 Å². The van der Waals surface area contributed by atoms with Crippen molar-refractivity contribution in [1.82, 2.24) is 5.32 Å². The summed E-state index contributed by atoms with van der Waals surface area (Å²) >= 11 is 1.79. The molecule has 0 aromatic heterocycles. The Morgan fingerprint density at radius 2 is 2.33 bits per heavy atom. The number of ether oxygens (including phenoxy) is 2. The SMILES string of the molecule is COCCOc1cc(C)ccc1NC(=O)C1CSCCN1. The minimum absolute atomic E-state index is 0.0114. The highest BCUT2D eigenvalue weighted by atomic mass is 32.2. The summed E-state index contributed by atoms with van der Waals surface area (Å²) in [6, 6.07) is 5.62. The summed E-state index contributed by atoms with van der Waals surface area (Å²) in [4.78, 5) is 12.3. The molecule has 6 heteroatoms. The van der Waals surface area contributed by atoms with Gasteiger partial charge < -0.3 is 20.1 Å². The van der Waals surface area contributed by atoms with E-state index in [-0.39, 0.29) is 11.9 Å². The molecule has 2 N–H and O–H groups in total. The average molecular weight is 310 g/mol. The number of benzene rings is 1. The smallest absolute Gasteiger partial charge is 0.242 e. The van der Waals surface area contributed by atoms with E-state index in [0.29, 0.717) is 24.7 Å². The van der Waals surface area contributed by atoms with Crippen molar-refractivity contribution in [2.45, 2.75) is 13.0 Å². The van der Waals surface area contributed by atoms with Crippen molar-refractivity contribution < 1.29 is 14.3 Å². The van der Waals surface area contributed by atoms with E-state index in [2.05, 4.69) is 10.6 Å². The average Bonchev–Trinajstić information content (AvgIpc) is 2.51. The van der Waals surface area contributed by atoms with Gasteiger partial charge in [-0.25, -0.2) is 0 Å². The zero-order valence-corrected chi connectivity index (χ0v) is 13.3. The zero-order chi connectivity index (χ0) is 15.1. The third-order valence-corrected chi connectivity index (χ3v) is 4.24. The van der Waals surface area contributed by atoms with Gasteiger partial charge in [-0.05, 0) is 24.6 Å². The third kappa shape index (κ3) is 4.91. The summed E-state index contributed by atoms with van der Waals surface area (Å²) in [7, 11) is 1.63. The van der Waals surface area contributed by atoms with Crippen LogP contribution in [-0.2, 0) is 9.53 Å². The summed E-state index contributed by atoms with van der Waals surface area (Å²) in [5.41, 5.74) is 1.80. The number of carbonyl (C=O) groups is 1. The number of carbonyl (C=O) groups excluding carboxylic acids is 1.